The number of nitrogens with zero attached hydrogens (tertiary/aromatic N) is 3. The highest BCUT2D eigenvalue weighted by Crippen LogP contribution is 2.29. The zero-order valence-electron chi connectivity index (χ0n) is 14.7. The summed E-state index contributed by atoms with van der Waals surface area (Å²) in [6.07, 6.45) is 4.84. The third-order valence-electron chi connectivity index (χ3n) is 4.58. The SMILES string of the molecule is C=CCn1c(SCC(=O)NC2(C#N)CCCC2)nc2ccc(Cl)cc2c1=O. The second-order valence-electron chi connectivity index (χ2n) is 6.50. The molecule has 0 saturated heterocycles. The van der Waals surface area contributed by atoms with Gasteiger partial charge in [-0.15, -0.1) is 6.58 Å². The van der Waals surface area contributed by atoms with Crippen LogP contribution in [0.25, 0.3) is 10.9 Å². The highest BCUT2D eigenvalue weighted by molar-refractivity contribution is 7.99. The summed E-state index contributed by atoms with van der Waals surface area (Å²) >= 11 is 7.16. The highest BCUT2D eigenvalue weighted by Gasteiger charge is 2.35. The van der Waals surface area contributed by atoms with Crippen molar-refractivity contribution in [2.75, 3.05) is 5.75 Å². The number of allylic oxidation sites excluding steroid dienone is 1. The number of hydrogen-bond acceptors (Lipinski definition) is 5. The maximum absolute atomic E-state index is 12.8. The van der Waals surface area contributed by atoms with Gasteiger partial charge in [0.05, 0.1) is 22.7 Å². The molecule has 0 spiro atoms. The van der Waals surface area contributed by atoms with Crippen LogP contribution < -0.4 is 10.9 Å². The molecule has 1 aromatic heterocycles. The predicted octanol–water partition coefficient (Wildman–Crippen LogP) is 3.28. The standard InChI is InChI=1S/C19H19ClN4O2S/c1-2-9-24-17(26)14-10-13(20)5-6-15(14)22-18(24)27-11-16(25)23-19(12-21)7-3-4-8-19/h2,5-6,10H,1,3-4,7-9,11H2,(H,23,25). The van der Waals surface area contributed by atoms with Gasteiger partial charge in [0.2, 0.25) is 5.91 Å². The minimum absolute atomic E-state index is 0.0755. The fourth-order valence-corrected chi connectivity index (χ4v) is 4.23. The van der Waals surface area contributed by atoms with Crippen molar-refractivity contribution in [3.63, 3.8) is 0 Å². The Labute approximate surface area is 166 Å². The molecule has 1 amide bonds. The summed E-state index contributed by atoms with van der Waals surface area (Å²) in [5.41, 5.74) is -0.460. The number of hydrogen-bond donors (Lipinski definition) is 1. The largest absolute Gasteiger partial charge is 0.337 e. The highest BCUT2D eigenvalue weighted by atomic mass is 35.5. The lowest BCUT2D eigenvalue weighted by atomic mass is 10.0. The average molecular weight is 403 g/mol. The Bertz CT molecular complexity index is 990. The minimum atomic E-state index is -0.758. The number of carbonyl (C=O) groups excluding carboxylic acids is 1. The third kappa shape index (κ3) is 4.18. The number of fused-ring (bicyclic) bond motifs is 1. The Hall–Kier alpha value is -2.30. The molecule has 1 aromatic carbocycles. The van der Waals surface area contributed by atoms with Gasteiger partial charge in [0.1, 0.15) is 5.54 Å². The second-order valence-corrected chi connectivity index (χ2v) is 7.88. The fourth-order valence-electron chi connectivity index (χ4n) is 3.25. The number of aromatic nitrogens is 2. The lowest BCUT2D eigenvalue weighted by molar-refractivity contribution is -0.119. The molecule has 1 saturated carbocycles. The summed E-state index contributed by atoms with van der Waals surface area (Å²) in [5.74, 6) is -0.161. The van der Waals surface area contributed by atoms with Crippen molar-refractivity contribution in [2.24, 2.45) is 0 Å². The van der Waals surface area contributed by atoms with Gasteiger partial charge in [0, 0.05) is 11.6 Å². The average Bonchev–Trinajstić information content (AvgIpc) is 3.12. The molecule has 0 atom stereocenters. The van der Waals surface area contributed by atoms with Gasteiger partial charge in [-0.25, -0.2) is 4.98 Å². The van der Waals surface area contributed by atoms with Crippen LogP contribution in [0.15, 0.2) is 40.8 Å². The van der Waals surface area contributed by atoms with Crippen LogP contribution in [-0.4, -0.2) is 26.8 Å². The maximum atomic E-state index is 12.8. The summed E-state index contributed by atoms with van der Waals surface area (Å²) in [5, 5.41) is 13.6. The van der Waals surface area contributed by atoms with Crippen LogP contribution in [0.4, 0.5) is 0 Å². The van der Waals surface area contributed by atoms with E-state index in [1.165, 1.54) is 16.3 Å². The van der Waals surface area contributed by atoms with Crippen molar-refractivity contribution in [1.29, 1.82) is 5.26 Å². The molecule has 1 aliphatic carbocycles. The molecule has 0 unspecified atom stereocenters. The molecule has 1 N–H and O–H groups in total. The van der Waals surface area contributed by atoms with Crippen LogP contribution in [0.5, 0.6) is 0 Å². The first-order chi connectivity index (χ1) is 13.0. The Morgan fingerprint density at radius 3 is 2.89 bits per heavy atom. The molecule has 8 heteroatoms. The van der Waals surface area contributed by atoms with E-state index in [1.54, 1.807) is 24.3 Å². The Balaban J connectivity index is 1.83. The Morgan fingerprint density at radius 1 is 1.48 bits per heavy atom. The first kappa shape index (κ1) is 19.5. The second kappa shape index (κ2) is 8.15. The number of nitrogens with one attached hydrogen (secondary N) is 1. The summed E-state index contributed by atoms with van der Waals surface area (Å²) < 4.78 is 1.47. The van der Waals surface area contributed by atoms with Gasteiger partial charge >= 0.3 is 0 Å². The molecular weight excluding hydrogens is 384 g/mol. The first-order valence-corrected chi connectivity index (χ1v) is 10.0. The summed E-state index contributed by atoms with van der Waals surface area (Å²) in [6.45, 7) is 3.96. The number of rotatable bonds is 6. The zero-order chi connectivity index (χ0) is 19.4. The molecule has 1 heterocycles. The summed E-state index contributed by atoms with van der Waals surface area (Å²) in [7, 11) is 0. The molecular formula is C19H19ClN4O2S. The van der Waals surface area contributed by atoms with E-state index in [4.69, 9.17) is 11.6 Å². The maximum Gasteiger partial charge on any atom is 0.262 e. The molecule has 3 rings (SSSR count). The van der Waals surface area contributed by atoms with Gasteiger partial charge in [0.15, 0.2) is 5.16 Å². The van der Waals surface area contributed by atoms with Crippen LogP contribution in [0.2, 0.25) is 5.02 Å². The molecule has 0 radical (unpaired) electrons. The minimum Gasteiger partial charge on any atom is -0.337 e. The Kier molecular flexibility index (Phi) is 5.88. The van der Waals surface area contributed by atoms with Crippen LogP contribution >= 0.6 is 23.4 Å². The van der Waals surface area contributed by atoms with Gasteiger partial charge in [-0.2, -0.15) is 5.26 Å². The van der Waals surface area contributed by atoms with E-state index in [0.717, 1.165) is 12.8 Å². The van der Waals surface area contributed by atoms with E-state index >= 15 is 0 Å². The molecule has 0 aliphatic heterocycles. The number of thioether (sulfide) groups is 1. The van der Waals surface area contributed by atoms with Gasteiger partial charge < -0.3 is 5.32 Å². The van der Waals surface area contributed by atoms with Gasteiger partial charge in [0.25, 0.3) is 5.56 Å². The number of carbonyl (C=O) groups is 1. The van der Waals surface area contributed by atoms with Crippen LogP contribution in [0.3, 0.4) is 0 Å². The predicted molar refractivity (Wildman–Crippen MR) is 107 cm³/mol. The van der Waals surface area contributed by atoms with E-state index in [1.807, 2.05) is 0 Å². The van der Waals surface area contributed by atoms with Crippen LogP contribution in [-0.2, 0) is 11.3 Å². The molecule has 1 aliphatic rings. The van der Waals surface area contributed by atoms with E-state index in [2.05, 4.69) is 22.9 Å². The van der Waals surface area contributed by atoms with Crippen LogP contribution in [0, 0.1) is 11.3 Å². The third-order valence-corrected chi connectivity index (χ3v) is 5.79. The van der Waals surface area contributed by atoms with Crippen molar-refractivity contribution in [1.82, 2.24) is 14.9 Å². The molecule has 140 valence electrons. The van der Waals surface area contributed by atoms with Gasteiger partial charge in [-0.1, -0.05) is 29.4 Å². The van der Waals surface area contributed by atoms with Crippen LogP contribution in [0.1, 0.15) is 25.7 Å². The van der Waals surface area contributed by atoms with Crippen molar-refractivity contribution in [2.45, 2.75) is 42.9 Å². The summed E-state index contributed by atoms with van der Waals surface area (Å²) in [4.78, 5) is 29.6. The van der Waals surface area contributed by atoms with Gasteiger partial charge in [-0.05, 0) is 43.9 Å². The van der Waals surface area contributed by atoms with E-state index < -0.39 is 5.54 Å². The van der Waals surface area contributed by atoms with E-state index in [9.17, 15) is 14.9 Å². The summed E-state index contributed by atoms with van der Waals surface area (Å²) in [6, 6.07) is 7.18. The lowest BCUT2D eigenvalue weighted by Crippen LogP contribution is -2.45. The van der Waals surface area contributed by atoms with Crippen molar-refractivity contribution >= 4 is 40.2 Å². The van der Waals surface area contributed by atoms with Crippen molar-refractivity contribution in [3.8, 4) is 6.07 Å². The van der Waals surface area contributed by atoms with Gasteiger partial charge in [-0.3, -0.25) is 14.2 Å². The first-order valence-electron chi connectivity index (χ1n) is 8.64. The van der Waals surface area contributed by atoms with E-state index in [-0.39, 0.29) is 23.8 Å². The molecule has 0 bridgehead atoms. The molecule has 2 aromatic rings. The number of nitriles is 1. The molecule has 27 heavy (non-hydrogen) atoms. The Morgan fingerprint density at radius 2 is 2.22 bits per heavy atom. The number of halogens is 1. The fraction of sp³-hybridized carbons (Fsp3) is 0.368. The molecule has 1 fully saturated rings. The van der Waals surface area contributed by atoms with E-state index in [0.29, 0.717) is 33.9 Å². The normalized spacial score (nSPS) is 15.4. The number of amides is 1. The monoisotopic (exact) mass is 402 g/mol. The quantitative estimate of drug-likeness (QED) is 0.455. The smallest absolute Gasteiger partial charge is 0.262 e. The van der Waals surface area contributed by atoms with Crippen molar-refractivity contribution in [3.05, 3.63) is 46.2 Å². The molecule has 6 nitrogen and oxygen atoms in total. The number of benzene rings is 1. The topological polar surface area (TPSA) is 87.8 Å². The lowest BCUT2D eigenvalue weighted by Gasteiger charge is -2.21. The van der Waals surface area contributed by atoms with Crippen molar-refractivity contribution < 1.29 is 4.79 Å². The zero-order valence-corrected chi connectivity index (χ0v) is 16.3.